The summed E-state index contributed by atoms with van der Waals surface area (Å²) in [6, 6.07) is 17.1. The van der Waals surface area contributed by atoms with Crippen LogP contribution in [0.15, 0.2) is 71.6 Å². The van der Waals surface area contributed by atoms with Gasteiger partial charge in [-0.3, -0.25) is 14.5 Å². The van der Waals surface area contributed by atoms with Crippen LogP contribution < -0.4 is 4.74 Å². The van der Waals surface area contributed by atoms with E-state index < -0.39 is 17.0 Å². The van der Waals surface area contributed by atoms with E-state index >= 15 is 0 Å². The van der Waals surface area contributed by atoms with Crippen molar-refractivity contribution in [1.29, 1.82) is 0 Å². The van der Waals surface area contributed by atoms with E-state index in [1.807, 2.05) is 0 Å². The molecular formula is C24H16ClF2NO3S. The zero-order valence-corrected chi connectivity index (χ0v) is 18.1. The maximum atomic E-state index is 13.8. The van der Waals surface area contributed by atoms with E-state index in [1.54, 1.807) is 48.5 Å². The molecule has 3 aromatic rings. The summed E-state index contributed by atoms with van der Waals surface area (Å²) >= 11 is 6.84. The van der Waals surface area contributed by atoms with Crippen molar-refractivity contribution in [3.63, 3.8) is 0 Å². The van der Waals surface area contributed by atoms with E-state index in [0.717, 1.165) is 22.7 Å². The molecule has 0 atom stereocenters. The minimum Gasteiger partial charge on any atom is -0.489 e. The van der Waals surface area contributed by atoms with E-state index in [1.165, 1.54) is 18.2 Å². The summed E-state index contributed by atoms with van der Waals surface area (Å²) in [4.78, 5) is 26.5. The molecule has 0 saturated carbocycles. The number of carbonyl (C=O) groups excluding carboxylic acids is 2. The standard InChI is InChI=1S/C24H16ClF2NO3S/c25-20-12-18(26)9-8-16(20)13-28-23(29)22(32-24(28)30)11-15-4-3-6-19(10-15)31-14-17-5-1-2-7-21(17)27/h1-12H,13-14H2/b22-11+. The van der Waals surface area contributed by atoms with Gasteiger partial charge >= 0.3 is 0 Å². The summed E-state index contributed by atoms with van der Waals surface area (Å²) in [7, 11) is 0. The van der Waals surface area contributed by atoms with Crippen LogP contribution in [0.1, 0.15) is 16.7 Å². The van der Waals surface area contributed by atoms with E-state index in [-0.39, 0.29) is 28.9 Å². The predicted octanol–water partition coefficient (Wildman–Crippen LogP) is 6.43. The molecule has 0 aliphatic carbocycles. The second-order valence-electron chi connectivity index (χ2n) is 6.96. The average molecular weight is 472 g/mol. The van der Waals surface area contributed by atoms with Gasteiger partial charge in [0.15, 0.2) is 0 Å². The van der Waals surface area contributed by atoms with Gasteiger partial charge < -0.3 is 4.74 Å². The average Bonchev–Trinajstić information content (AvgIpc) is 3.02. The van der Waals surface area contributed by atoms with E-state index in [0.29, 0.717) is 22.4 Å². The summed E-state index contributed by atoms with van der Waals surface area (Å²) in [6.07, 6.45) is 1.59. The second kappa shape index (κ2) is 9.54. The number of amides is 2. The molecule has 4 rings (SSSR count). The fourth-order valence-corrected chi connectivity index (χ4v) is 4.14. The van der Waals surface area contributed by atoms with Gasteiger partial charge in [-0.2, -0.15) is 0 Å². The third-order valence-corrected chi connectivity index (χ3v) is 5.98. The Morgan fingerprint density at radius 3 is 2.56 bits per heavy atom. The summed E-state index contributed by atoms with van der Waals surface area (Å²) in [5.74, 6) is -0.805. The smallest absolute Gasteiger partial charge is 0.293 e. The summed E-state index contributed by atoms with van der Waals surface area (Å²) in [5.41, 5.74) is 1.56. The lowest BCUT2D eigenvalue weighted by Crippen LogP contribution is -2.27. The molecule has 1 aliphatic rings. The first-order valence-electron chi connectivity index (χ1n) is 9.56. The van der Waals surface area contributed by atoms with Crippen molar-refractivity contribution >= 4 is 40.6 Å². The van der Waals surface area contributed by atoms with Crippen LogP contribution in [0.4, 0.5) is 13.6 Å². The van der Waals surface area contributed by atoms with Gasteiger partial charge in [0.1, 0.15) is 24.0 Å². The first-order valence-corrected chi connectivity index (χ1v) is 10.8. The fraction of sp³-hybridized carbons (Fsp3) is 0.0833. The summed E-state index contributed by atoms with van der Waals surface area (Å²) in [5, 5.41) is -0.290. The van der Waals surface area contributed by atoms with E-state index in [9.17, 15) is 18.4 Å². The van der Waals surface area contributed by atoms with Gasteiger partial charge in [0.05, 0.1) is 11.4 Å². The monoisotopic (exact) mass is 471 g/mol. The van der Waals surface area contributed by atoms with Crippen molar-refractivity contribution in [2.24, 2.45) is 0 Å². The molecule has 1 heterocycles. The van der Waals surface area contributed by atoms with Crippen molar-refractivity contribution in [2.75, 3.05) is 0 Å². The lowest BCUT2D eigenvalue weighted by molar-refractivity contribution is -0.123. The fourth-order valence-electron chi connectivity index (χ4n) is 3.08. The Bertz CT molecular complexity index is 1230. The molecule has 0 radical (unpaired) electrons. The van der Waals surface area contributed by atoms with Crippen LogP contribution in [0, 0.1) is 11.6 Å². The molecule has 1 fully saturated rings. The van der Waals surface area contributed by atoms with Gasteiger partial charge in [0.2, 0.25) is 0 Å². The first-order chi connectivity index (χ1) is 15.4. The quantitative estimate of drug-likeness (QED) is 0.388. The molecule has 4 nitrogen and oxygen atoms in total. The summed E-state index contributed by atoms with van der Waals surface area (Å²) < 4.78 is 32.7. The molecular weight excluding hydrogens is 456 g/mol. The van der Waals surface area contributed by atoms with Gasteiger partial charge in [-0.1, -0.05) is 48.0 Å². The molecule has 0 aromatic heterocycles. The number of carbonyl (C=O) groups is 2. The van der Waals surface area contributed by atoms with Gasteiger partial charge in [-0.25, -0.2) is 8.78 Å². The number of hydrogen-bond acceptors (Lipinski definition) is 4. The lowest BCUT2D eigenvalue weighted by atomic mass is 10.2. The van der Waals surface area contributed by atoms with Gasteiger partial charge in [0, 0.05) is 10.6 Å². The third-order valence-electron chi connectivity index (χ3n) is 4.73. The molecule has 0 unspecified atom stereocenters. The van der Waals surface area contributed by atoms with Crippen LogP contribution in [0.2, 0.25) is 5.02 Å². The summed E-state index contributed by atoms with van der Waals surface area (Å²) in [6.45, 7) is 0.0119. The van der Waals surface area contributed by atoms with Crippen molar-refractivity contribution in [2.45, 2.75) is 13.2 Å². The number of hydrogen-bond donors (Lipinski definition) is 0. The van der Waals surface area contributed by atoms with Crippen LogP contribution in [0.3, 0.4) is 0 Å². The van der Waals surface area contributed by atoms with Gasteiger partial charge in [-0.15, -0.1) is 0 Å². The first kappa shape index (κ1) is 22.0. The van der Waals surface area contributed by atoms with Gasteiger partial charge in [0.25, 0.3) is 11.1 Å². The molecule has 32 heavy (non-hydrogen) atoms. The van der Waals surface area contributed by atoms with Crippen LogP contribution in [0.25, 0.3) is 6.08 Å². The van der Waals surface area contributed by atoms with Crippen molar-refractivity contribution in [3.05, 3.63) is 105 Å². The largest absolute Gasteiger partial charge is 0.489 e. The van der Waals surface area contributed by atoms with Crippen LogP contribution in [-0.4, -0.2) is 16.0 Å². The Labute approximate surface area is 192 Å². The van der Waals surface area contributed by atoms with Crippen LogP contribution in [0.5, 0.6) is 5.75 Å². The highest BCUT2D eigenvalue weighted by molar-refractivity contribution is 8.18. The molecule has 0 bridgehead atoms. The molecule has 0 spiro atoms. The lowest BCUT2D eigenvalue weighted by Gasteiger charge is -2.13. The minimum atomic E-state index is -0.495. The molecule has 1 aliphatic heterocycles. The Hall–Kier alpha value is -3.16. The Kier molecular flexibility index (Phi) is 6.58. The Balaban J connectivity index is 1.48. The number of nitrogens with zero attached hydrogens (tertiary/aromatic N) is 1. The van der Waals surface area contributed by atoms with Crippen LogP contribution >= 0.6 is 23.4 Å². The predicted molar refractivity (Wildman–Crippen MR) is 120 cm³/mol. The van der Waals surface area contributed by atoms with E-state index in [2.05, 4.69) is 0 Å². The SMILES string of the molecule is O=C1S/C(=C/c2cccc(OCc3ccccc3F)c2)C(=O)N1Cc1ccc(F)cc1Cl. The number of benzene rings is 3. The zero-order chi connectivity index (χ0) is 22.7. The molecule has 0 N–H and O–H groups in total. The maximum absolute atomic E-state index is 13.8. The maximum Gasteiger partial charge on any atom is 0.293 e. The number of rotatable bonds is 6. The number of thioether (sulfide) groups is 1. The van der Waals surface area contributed by atoms with Gasteiger partial charge in [-0.05, 0) is 59.3 Å². The Morgan fingerprint density at radius 2 is 1.78 bits per heavy atom. The molecule has 162 valence electrons. The normalized spacial score (nSPS) is 15.0. The van der Waals surface area contributed by atoms with Crippen LogP contribution in [-0.2, 0) is 17.9 Å². The molecule has 8 heteroatoms. The highest BCUT2D eigenvalue weighted by Gasteiger charge is 2.35. The third kappa shape index (κ3) is 5.00. The van der Waals surface area contributed by atoms with Crippen molar-refractivity contribution in [1.82, 2.24) is 4.90 Å². The second-order valence-corrected chi connectivity index (χ2v) is 8.36. The zero-order valence-electron chi connectivity index (χ0n) is 16.6. The minimum absolute atomic E-state index is 0.0487. The highest BCUT2D eigenvalue weighted by atomic mass is 35.5. The highest BCUT2D eigenvalue weighted by Crippen LogP contribution is 2.34. The number of halogens is 3. The number of imide groups is 1. The topological polar surface area (TPSA) is 46.6 Å². The number of ether oxygens (including phenoxy) is 1. The molecule has 3 aromatic carbocycles. The molecule has 2 amide bonds. The van der Waals surface area contributed by atoms with Crippen molar-refractivity contribution < 1.29 is 23.1 Å². The van der Waals surface area contributed by atoms with E-state index in [4.69, 9.17) is 16.3 Å². The van der Waals surface area contributed by atoms with Crippen molar-refractivity contribution in [3.8, 4) is 5.75 Å². The Morgan fingerprint density at radius 1 is 0.969 bits per heavy atom. The molecule has 1 saturated heterocycles.